The maximum atomic E-state index is 11.4. The lowest BCUT2D eigenvalue weighted by molar-refractivity contribution is 0.0957. The van der Waals surface area contributed by atoms with Crippen LogP contribution in [0.1, 0.15) is 29.2 Å². The van der Waals surface area contributed by atoms with Gasteiger partial charge in [-0.1, -0.05) is 0 Å². The molecule has 0 bridgehead atoms. The van der Waals surface area contributed by atoms with Crippen LogP contribution >= 0.6 is 0 Å². The first-order valence-corrected chi connectivity index (χ1v) is 5.54. The Morgan fingerprint density at radius 3 is 2.78 bits per heavy atom. The molecule has 2 rings (SSSR count). The third-order valence-electron chi connectivity index (χ3n) is 2.51. The van der Waals surface area contributed by atoms with Crippen molar-refractivity contribution in [3.05, 3.63) is 42.0 Å². The summed E-state index contributed by atoms with van der Waals surface area (Å²) in [5.41, 5.74) is 1.67. The summed E-state index contributed by atoms with van der Waals surface area (Å²) >= 11 is 0. The van der Waals surface area contributed by atoms with Gasteiger partial charge in [-0.3, -0.25) is 9.78 Å². The number of carbonyl (C=O) groups excluding carboxylic acids is 1. The quantitative estimate of drug-likeness (QED) is 0.834. The maximum absolute atomic E-state index is 11.4. The molecule has 0 radical (unpaired) electrons. The minimum absolute atomic E-state index is 0.234. The molecule has 0 spiro atoms. The van der Waals surface area contributed by atoms with E-state index >= 15 is 0 Å². The molecular formula is C12H14N4O2. The van der Waals surface area contributed by atoms with Gasteiger partial charge in [0.05, 0.1) is 23.7 Å². The molecule has 2 aromatic heterocycles. The molecule has 2 aromatic rings. The fourth-order valence-corrected chi connectivity index (χ4v) is 1.50. The molecule has 1 amide bonds. The van der Waals surface area contributed by atoms with Crippen LogP contribution in [0.2, 0.25) is 0 Å². The number of hydrogen-bond acceptors (Lipinski definition) is 4. The smallest absolute Gasteiger partial charge is 0.271 e. The number of aliphatic hydroxyl groups is 1. The Bertz CT molecular complexity index is 545. The van der Waals surface area contributed by atoms with E-state index in [1.54, 1.807) is 49.2 Å². The van der Waals surface area contributed by atoms with Gasteiger partial charge in [0.15, 0.2) is 5.69 Å². The minimum atomic E-state index is -0.599. The predicted molar refractivity (Wildman–Crippen MR) is 65.4 cm³/mol. The van der Waals surface area contributed by atoms with Crippen molar-refractivity contribution in [2.24, 2.45) is 0 Å². The van der Waals surface area contributed by atoms with Gasteiger partial charge in [0, 0.05) is 13.2 Å². The number of pyridine rings is 1. The summed E-state index contributed by atoms with van der Waals surface area (Å²) in [5, 5.41) is 16.0. The van der Waals surface area contributed by atoms with Crippen LogP contribution in [0.15, 0.2) is 30.6 Å². The summed E-state index contributed by atoms with van der Waals surface area (Å²) in [7, 11) is 1.56. The van der Waals surface area contributed by atoms with Gasteiger partial charge < -0.3 is 10.4 Å². The van der Waals surface area contributed by atoms with Crippen LogP contribution in [0, 0.1) is 0 Å². The maximum Gasteiger partial charge on any atom is 0.271 e. The van der Waals surface area contributed by atoms with E-state index in [0.717, 1.165) is 5.69 Å². The van der Waals surface area contributed by atoms with Gasteiger partial charge in [-0.15, -0.1) is 0 Å². The molecule has 0 aliphatic rings. The summed E-state index contributed by atoms with van der Waals surface area (Å²) < 4.78 is 1.56. The Morgan fingerprint density at radius 1 is 1.44 bits per heavy atom. The molecule has 2 N–H and O–H groups in total. The van der Waals surface area contributed by atoms with E-state index in [1.165, 1.54) is 0 Å². The summed E-state index contributed by atoms with van der Waals surface area (Å²) in [6, 6.07) is 5.14. The molecule has 0 aliphatic carbocycles. The molecule has 0 saturated carbocycles. The molecule has 18 heavy (non-hydrogen) atoms. The van der Waals surface area contributed by atoms with E-state index in [4.69, 9.17) is 0 Å². The van der Waals surface area contributed by atoms with Crippen molar-refractivity contribution < 1.29 is 9.90 Å². The van der Waals surface area contributed by atoms with Crippen LogP contribution in [0.4, 0.5) is 0 Å². The first kappa shape index (κ1) is 12.3. The molecule has 6 heteroatoms. The fraction of sp³-hybridized carbons (Fsp3) is 0.250. The van der Waals surface area contributed by atoms with E-state index in [0.29, 0.717) is 11.4 Å². The van der Waals surface area contributed by atoms with Gasteiger partial charge >= 0.3 is 0 Å². The Hall–Kier alpha value is -2.21. The SMILES string of the molecule is CNC(=O)c1ccn(-c2ccc([C@@H](C)O)nc2)n1. The van der Waals surface area contributed by atoms with Crippen molar-refractivity contribution in [1.29, 1.82) is 0 Å². The van der Waals surface area contributed by atoms with Crippen molar-refractivity contribution in [2.75, 3.05) is 7.05 Å². The van der Waals surface area contributed by atoms with E-state index in [-0.39, 0.29) is 5.91 Å². The zero-order valence-corrected chi connectivity index (χ0v) is 10.2. The van der Waals surface area contributed by atoms with Crippen LogP contribution in [0.5, 0.6) is 0 Å². The van der Waals surface area contributed by atoms with Crippen LogP contribution in [-0.2, 0) is 0 Å². The van der Waals surface area contributed by atoms with E-state index in [9.17, 15) is 9.90 Å². The van der Waals surface area contributed by atoms with Crippen LogP contribution in [0.25, 0.3) is 5.69 Å². The van der Waals surface area contributed by atoms with E-state index in [2.05, 4.69) is 15.4 Å². The van der Waals surface area contributed by atoms with Crippen molar-refractivity contribution in [2.45, 2.75) is 13.0 Å². The molecule has 0 fully saturated rings. The molecule has 6 nitrogen and oxygen atoms in total. The van der Waals surface area contributed by atoms with Gasteiger partial charge in [0.1, 0.15) is 0 Å². The number of nitrogens with zero attached hydrogens (tertiary/aromatic N) is 3. The second-order valence-electron chi connectivity index (χ2n) is 3.84. The summed E-state index contributed by atoms with van der Waals surface area (Å²) in [6.45, 7) is 1.65. The zero-order chi connectivity index (χ0) is 13.1. The fourth-order valence-electron chi connectivity index (χ4n) is 1.50. The number of rotatable bonds is 3. The standard InChI is InChI=1S/C12H14N4O2/c1-8(17)10-4-3-9(7-14-10)16-6-5-11(15-16)12(18)13-2/h3-8,17H,1-2H3,(H,13,18)/t8-/m1/s1. The van der Waals surface area contributed by atoms with Gasteiger partial charge in [-0.05, 0) is 25.1 Å². The number of nitrogens with one attached hydrogen (secondary N) is 1. The number of carbonyl (C=O) groups is 1. The molecule has 94 valence electrons. The van der Waals surface area contributed by atoms with Gasteiger partial charge in [-0.25, -0.2) is 4.68 Å². The van der Waals surface area contributed by atoms with Gasteiger partial charge in [0.2, 0.25) is 0 Å². The molecule has 2 heterocycles. The highest BCUT2D eigenvalue weighted by Gasteiger charge is 2.08. The number of aromatic nitrogens is 3. The van der Waals surface area contributed by atoms with Crippen LogP contribution < -0.4 is 5.32 Å². The van der Waals surface area contributed by atoms with Crippen LogP contribution in [-0.4, -0.2) is 32.8 Å². The van der Waals surface area contributed by atoms with Crippen molar-refractivity contribution >= 4 is 5.91 Å². The molecule has 0 saturated heterocycles. The first-order chi connectivity index (χ1) is 8.61. The van der Waals surface area contributed by atoms with Crippen LogP contribution in [0.3, 0.4) is 0 Å². The topological polar surface area (TPSA) is 80.0 Å². The lowest BCUT2D eigenvalue weighted by atomic mass is 10.2. The minimum Gasteiger partial charge on any atom is -0.387 e. The summed E-state index contributed by atoms with van der Waals surface area (Å²) in [5.74, 6) is -0.234. The van der Waals surface area contributed by atoms with Crippen molar-refractivity contribution in [1.82, 2.24) is 20.1 Å². The molecule has 0 aromatic carbocycles. The lowest BCUT2D eigenvalue weighted by Gasteiger charge is -2.05. The highest BCUT2D eigenvalue weighted by molar-refractivity contribution is 5.91. The van der Waals surface area contributed by atoms with Gasteiger partial charge in [-0.2, -0.15) is 5.10 Å². The third-order valence-corrected chi connectivity index (χ3v) is 2.51. The highest BCUT2D eigenvalue weighted by Crippen LogP contribution is 2.12. The second kappa shape index (κ2) is 4.97. The Labute approximate surface area is 104 Å². The molecule has 0 aliphatic heterocycles. The Kier molecular flexibility index (Phi) is 3.38. The molecule has 1 atom stereocenters. The number of hydrogen-bond donors (Lipinski definition) is 2. The first-order valence-electron chi connectivity index (χ1n) is 5.54. The van der Waals surface area contributed by atoms with Crippen molar-refractivity contribution in [3.8, 4) is 5.69 Å². The Morgan fingerprint density at radius 2 is 2.22 bits per heavy atom. The third kappa shape index (κ3) is 2.38. The predicted octanol–water partition coefficient (Wildman–Crippen LogP) is 0.680. The van der Waals surface area contributed by atoms with Crippen molar-refractivity contribution in [3.63, 3.8) is 0 Å². The average Bonchev–Trinajstić information content (AvgIpc) is 2.87. The number of amides is 1. The monoisotopic (exact) mass is 246 g/mol. The summed E-state index contributed by atoms with van der Waals surface area (Å²) in [4.78, 5) is 15.5. The van der Waals surface area contributed by atoms with E-state index in [1.807, 2.05) is 0 Å². The van der Waals surface area contributed by atoms with Gasteiger partial charge in [0.25, 0.3) is 5.91 Å². The number of aliphatic hydroxyl groups excluding tert-OH is 1. The molecule has 0 unspecified atom stereocenters. The largest absolute Gasteiger partial charge is 0.387 e. The average molecular weight is 246 g/mol. The zero-order valence-electron chi connectivity index (χ0n) is 10.2. The molecular weight excluding hydrogens is 232 g/mol. The summed E-state index contributed by atoms with van der Waals surface area (Å²) in [6.07, 6.45) is 2.69. The second-order valence-corrected chi connectivity index (χ2v) is 3.84. The highest BCUT2D eigenvalue weighted by atomic mass is 16.3. The lowest BCUT2D eigenvalue weighted by Crippen LogP contribution is -2.18. The van der Waals surface area contributed by atoms with E-state index < -0.39 is 6.10 Å². The normalized spacial score (nSPS) is 12.2. The Balaban J connectivity index is 2.26.